The van der Waals surface area contributed by atoms with Crippen molar-refractivity contribution in [1.82, 2.24) is 10.2 Å². The third kappa shape index (κ3) is 2.55. The molecule has 0 saturated heterocycles. The Hall–Kier alpha value is -1.62. The van der Waals surface area contributed by atoms with Crippen LogP contribution in [0.2, 0.25) is 0 Å². The predicted octanol–water partition coefficient (Wildman–Crippen LogP) is 2.77. The molecular formula is C12H11BrN2O2. The van der Waals surface area contributed by atoms with Crippen molar-refractivity contribution in [2.45, 2.75) is 13.3 Å². The number of aromatic amines is 1. The molecule has 0 fully saturated rings. The van der Waals surface area contributed by atoms with Gasteiger partial charge in [0.1, 0.15) is 0 Å². The van der Waals surface area contributed by atoms with E-state index < -0.39 is 5.97 Å². The van der Waals surface area contributed by atoms with Crippen LogP contribution in [-0.2, 0) is 11.2 Å². The molecule has 0 aliphatic heterocycles. The monoisotopic (exact) mass is 294 g/mol. The van der Waals surface area contributed by atoms with E-state index in [2.05, 4.69) is 26.1 Å². The average molecular weight is 295 g/mol. The zero-order valence-corrected chi connectivity index (χ0v) is 10.8. The number of aliphatic carboxylic acids is 1. The number of hydrogen-bond donors (Lipinski definition) is 2. The molecule has 0 atom stereocenters. The van der Waals surface area contributed by atoms with Crippen molar-refractivity contribution < 1.29 is 9.90 Å². The Morgan fingerprint density at radius 1 is 1.53 bits per heavy atom. The fraction of sp³-hybridized carbons (Fsp3) is 0.167. The number of H-pyrrole nitrogens is 1. The summed E-state index contributed by atoms with van der Waals surface area (Å²) < 4.78 is 0.970. The second kappa shape index (κ2) is 4.71. The molecule has 88 valence electrons. The van der Waals surface area contributed by atoms with Crippen LogP contribution in [0, 0.1) is 6.92 Å². The maximum atomic E-state index is 10.7. The number of aromatic nitrogens is 2. The van der Waals surface area contributed by atoms with Gasteiger partial charge in [0.2, 0.25) is 0 Å². The SMILES string of the molecule is Cc1c(-c2cccc(Br)c2)n[nH]c1CC(=O)O. The lowest BCUT2D eigenvalue weighted by atomic mass is 10.1. The molecule has 0 bridgehead atoms. The van der Waals surface area contributed by atoms with Gasteiger partial charge in [0.25, 0.3) is 0 Å². The molecule has 0 aliphatic carbocycles. The van der Waals surface area contributed by atoms with Crippen molar-refractivity contribution in [1.29, 1.82) is 0 Å². The van der Waals surface area contributed by atoms with Gasteiger partial charge in [-0.15, -0.1) is 0 Å². The van der Waals surface area contributed by atoms with Crippen LogP contribution in [0.1, 0.15) is 11.3 Å². The Bertz CT molecular complexity index is 563. The number of carboxylic acids is 1. The van der Waals surface area contributed by atoms with E-state index >= 15 is 0 Å². The normalized spacial score (nSPS) is 10.5. The summed E-state index contributed by atoms with van der Waals surface area (Å²) in [6.45, 7) is 1.87. The van der Waals surface area contributed by atoms with Gasteiger partial charge < -0.3 is 5.11 Å². The molecule has 1 heterocycles. The fourth-order valence-corrected chi connectivity index (χ4v) is 2.07. The second-order valence-electron chi connectivity index (χ2n) is 3.76. The first kappa shape index (κ1) is 11.9. The molecule has 2 aromatic rings. The molecule has 0 unspecified atom stereocenters. The van der Waals surface area contributed by atoms with Gasteiger partial charge in [-0.1, -0.05) is 28.1 Å². The molecule has 1 aromatic carbocycles. The van der Waals surface area contributed by atoms with Crippen LogP contribution in [0.15, 0.2) is 28.7 Å². The van der Waals surface area contributed by atoms with Crippen molar-refractivity contribution in [2.75, 3.05) is 0 Å². The van der Waals surface area contributed by atoms with E-state index in [1.165, 1.54) is 0 Å². The average Bonchev–Trinajstić information content (AvgIpc) is 2.60. The summed E-state index contributed by atoms with van der Waals surface area (Å²) in [5.74, 6) is -0.863. The van der Waals surface area contributed by atoms with E-state index in [4.69, 9.17) is 5.11 Å². The van der Waals surface area contributed by atoms with E-state index in [0.717, 1.165) is 21.3 Å². The number of hydrogen-bond acceptors (Lipinski definition) is 2. The molecule has 0 radical (unpaired) electrons. The maximum Gasteiger partial charge on any atom is 0.309 e. The van der Waals surface area contributed by atoms with Crippen LogP contribution in [0.5, 0.6) is 0 Å². The summed E-state index contributed by atoms with van der Waals surface area (Å²) >= 11 is 3.40. The van der Waals surface area contributed by atoms with Crippen LogP contribution < -0.4 is 0 Å². The van der Waals surface area contributed by atoms with Gasteiger partial charge in [0, 0.05) is 15.7 Å². The van der Waals surface area contributed by atoms with Gasteiger partial charge in [-0.2, -0.15) is 5.10 Å². The standard InChI is InChI=1S/C12H11BrN2O2/c1-7-10(6-11(16)17)14-15-12(7)8-3-2-4-9(13)5-8/h2-5H,6H2,1H3,(H,14,15)(H,16,17). The molecule has 0 spiro atoms. The summed E-state index contributed by atoms with van der Waals surface area (Å²) in [6.07, 6.45) is -0.0349. The Balaban J connectivity index is 2.40. The summed E-state index contributed by atoms with van der Waals surface area (Å²) in [7, 11) is 0. The minimum absolute atomic E-state index is 0.0349. The van der Waals surface area contributed by atoms with Crippen LogP contribution in [0.4, 0.5) is 0 Å². The zero-order valence-electron chi connectivity index (χ0n) is 9.20. The first-order chi connectivity index (χ1) is 8.08. The molecule has 5 heteroatoms. The molecule has 2 rings (SSSR count). The lowest BCUT2D eigenvalue weighted by Crippen LogP contribution is -2.01. The highest BCUT2D eigenvalue weighted by Crippen LogP contribution is 2.25. The molecule has 17 heavy (non-hydrogen) atoms. The first-order valence-corrected chi connectivity index (χ1v) is 5.89. The number of benzene rings is 1. The zero-order chi connectivity index (χ0) is 12.4. The van der Waals surface area contributed by atoms with Gasteiger partial charge in [-0.3, -0.25) is 9.89 Å². The Morgan fingerprint density at radius 3 is 2.94 bits per heavy atom. The summed E-state index contributed by atoms with van der Waals surface area (Å²) in [6, 6.07) is 7.75. The number of rotatable bonds is 3. The first-order valence-electron chi connectivity index (χ1n) is 5.09. The Morgan fingerprint density at radius 2 is 2.29 bits per heavy atom. The van der Waals surface area contributed by atoms with Gasteiger partial charge in [0.15, 0.2) is 0 Å². The van der Waals surface area contributed by atoms with E-state index in [-0.39, 0.29) is 6.42 Å². The smallest absolute Gasteiger partial charge is 0.309 e. The third-order valence-corrected chi connectivity index (χ3v) is 3.03. The minimum Gasteiger partial charge on any atom is -0.481 e. The number of carboxylic acid groups (broad SMARTS) is 1. The lowest BCUT2D eigenvalue weighted by Gasteiger charge is -2.00. The molecule has 0 aliphatic rings. The van der Waals surface area contributed by atoms with E-state index in [1.54, 1.807) is 0 Å². The van der Waals surface area contributed by atoms with Crippen LogP contribution in [-0.4, -0.2) is 21.3 Å². The molecule has 1 aromatic heterocycles. The van der Waals surface area contributed by atoms with E-state index in [9.17, 15) is 4.79 Å². The Labute approximate surface area is 107 Å². The highest BCUT2D eigenvalue weighted by Gasteiger charge is 2.13. The predicted molar refractivity (Wildman–Crippen MR) is 67.8 cm³/mol. The van der Waals surface area contributed by atoms with Crippen LogP contribution >= 0.6 is 15.9 Å². The maximum absolute atomic E-state index is 10.7. The largest absolute Gasteiger partial charge is 0.481 e. The van der Waals surface area contributed by atoms with Crippen molar-refractivity contribution in [3.63, 3.8) is 0 Å². The lowest BCUT2D eigenvalue weighted by molar-refractivity contribution is -0.136. The number of nitrogens with one attached hydrogen (secondary N) is 1. The third-order valence-electron chi connectivity index (χ3n) is 2.54. The highest BCUT2D eigenvalue weighted by atomic mass is 79.9. The van der Waals surface area contributed by atoms with Crippen molar-refractivity contribution in [2.24, 2.45) is 0 Å². The van der Waals surface area contributed by atoms with Gasteiger partial charge in [0.05, 0.1) is 12.1 Å². The highest BCUT2D eigenvalue weighted by molar-refractivity contribution is 9.10. The molecule has 0 saturated carbocycles. The quantitative estimate of drug-likeness (QED) is 0.915. The molecule has 0 amide bonds. The molecule has 2 N–H and O–H groups in total. The number of halogens is 1. The molecule has 4 nitrogen and oxygen atoms in total. The Kier molecular flexibility index (Phi) is 3.28. The number of carbonyl (C=O) groups is 1. The van der Waals surface area contributed by atoms with Gasteiger partial charge >= 0.3 is 5.97 Å². The summed E-state index contributed by atoms with van der Waals surface area (Å²) in [4.78, 5) is 10.7. The fourth-order valence-electron chi connectivity index (χ4n) is 1.67. The van der Waals surface area contributed by atoms with Crippen molar-refractivity contribution >= 4 is 21.9 Å². The van der Waals surface area contributed by atoms with Crippen LogP contribution in [0.3, 0.4) is 0 Å². The molecular weight excluding hydrogens is 284 g/mol. The van der Waals surface area contributed by atoms with E-state index in [0.29, 0.717) is 5.69 Å². The second-order valence-corrected chi connectivity index (χ2v) is 4.67. The van der Waals surface area contributed by atoms with Crippen molar-refractivity contribution in [3.8, 4) is 11.3 Å². The summed E-state index contributed by atoms with van der Waals surface area (Å²) in [5, 5.41) is 15.7. The van der Waals surface area contributed by atoms with Gasteiger partial charge in [-0.05, 0) is 24.6 Å². The van der Waals surface area contributed by atoms with Gasteiger partial charge in [-0.25, -0.2) is 0 Å². The number of nitrogens with zero attached hydrogens (tertiary/aromatic N) is 1. The topological polar surface area (TPSA) is 66.0 Å². The minimum atomic E-state index is -0.863. The summed E-state index contributed by atoms with van der Waals surface area (Å²) in [5.41, 5.74) is 3.28. The van der Waals surface area contributed by atoms with Crippen molar-refractivity contribution in [3.05, 3.63) is 40.0 Å². The van der Waals surface area contributed by atoms with E-state index in [1.807, 2.05) is 31.2 Å². The van der Waals surface area contributed by atoms with Crippen LogP contribution in [0.25, 0.3) is 11.3 Å².